The lowest BCUT2D eigenvalue weighted by Gasteiger charge is -2.12. The lowest BCUT2D eigenvalue weighted by Crippen LogP contribution is -2.30. The first kappa shape index (κ1) is 18.9. The Bertz CT molecular complexity index is 884. The van der Waals surface area contributed by atoms with Crippen molar-refractivity contribution >= 4 is 17.3 Å². The van der Waals surface area contributed by atoms with Gasteiger partial charge in [0.2, 0.25) is 0 Å². The van der Waals surface area contributed by atoms with Crippen molar-refractivity contribution in [3.05, 3.63) is 35.2 Å². The van der Waals surface area contributed by atoms with Gasteiger partial charge in [-0.1, -0.05) is 20.8 Å². The number of hydrogen-bond donors (Lipinski definition) is 1. The van der Waals surface area contributed by atoms with Gasteiger partial charge in [0.25, 0.3) is 5.91 Å². The van der Waals surface area contributed by atoms with E-state index in [4.69, 9.17) is 14.5 Å². The van der Waals surface area contributed by atoms with Gasteiger partial charge in [-0.3, -0.25) is 9.48 Å². The maximum absolute atomic E-state index is 12.8. The van der Waals surface area contributed by atoms with E-state index >= 15 is 0 Å². The molecule has 0 fully saturated rings. The molecule has 0 radical (unpaired) electrons. The van der Waals surface area contributed by atoms with Crippen LogP contribution < -0.4 is 14.8 Å². The summed E-state index contributed by atoms with van der Waals surface area (Å²) in [7, 11) is 3.22. The monoisotopic (exact) mass is 370 g/mol. The normalized spacial score (nSPS) is 13.7. The number of hydrogen-bond acceptors (Lipinski definition) is 5. The molecule has 144 valence electrons. The summed E-state index contributed by atoms with van der Waals surface area (Å²) in [5.41, 5.74) is 3.58. The van der Waals surface area contributed by atoms with Crippen LogP contribution in [0.2, 0.25) is 0 Å². The third kappa shape index (κ3) is 3.54. The zero-order valence-corrected chi connectivity index (χ0v) is 16.5. The molecule has 2 aromatic rings. The maximum atomic E-state index is 12.8. The van der Waals surface area contributed by atoms with E-state index in [0.717, 1.165) is 23.4 Å². The third-order valence-corrected chi connectivity index (χ3v) is 4.53. The molecule has 1 amide bonds. The molecule has 7 nitrogen and oxygen atoms in total. The summed E-state index contributed by atoms with van der Waals surface area (Å²) in [6.45, 7) is 7.18. The largest absolute Gasteiger partial charge is 0.497 e. The van der Waals surface area contributed by atoms with Crippen molar-refractivity contribution in [1.29, 1.82) is 0 Å². The quantitative estimate of drug-likeness (QED) is 0.846. The lowest BCUT2D eigenvalue weighted by molar-refractivity contribution is 0.0950. The SMILES string of the molecule is CCCn1nc(C(C)C)c2c1C(=O)NCC(c1ccc(OC)cc1OC)=N2. The number of benzene rings is 1. The zero-order valence-electron chi connectivity index (χ0n) is 16.5. The number of carbonyl (C=O) groups is 1. The second-order valence-electron chi connectivity index (χ2n) is 6.77. The number of ether oxygens (including phenoxy) is 2. The molecular formula is C20H26N4O3. The summed E-state index contributed by atoms with van der Waals surface area (Å²) in [5, 5.41) is 7.63. The molecule has 0 saturated carbocycles. The van der Waals surface area contributed by atoms with Gasteiger partial charge in [0.05, 0.1) is 32.2 Å². The Morgan fingerprint density at radius 3 is 2.67 bits per heavy atom. The van der Waals surface area contributed by atoms with Gasteiger partial charge in [0.1, 0.15) is 17.2 Å². The van der Waals surface area contributed by atoms with Crippen molar-refractivity contribution in [2.24, 2.45) is 4.99 Å². The second kappa shape index (κ2) is 7.82. The molecule has 1 aliphatic rings. The van der Waals surface area contributed by atoms with Gasteiger partial charge in [-0.05, 0) is 24.5 Å². The van der Waals surface area contributed by atoms with E-state index in [1.807, 2.05) is 18.2 Å². The number of aromatic nitrogens is 2. The highest BCUT2D eigenvalue weighted by Crippen LogP contribution is 2.34. The number of rotatable bonds is 6. The van der Waals surface area contributed by atoms with Crippen molar-refractivity contribution in [2.75, 3.05) is 20.8 Å². The Labute approximate surface area is 159 Å². The fraction of sp³-hybridized carbons (Fsp3) is 0.450. The van der Waals surface area contributed by atoms with E-state index in [0.29, 0.717) is 36.0 Å². The number of nitrogens with zero attached hydrogens (tertiary/aromatic N) is 3. The van der Waals surface area contributed by atoms with Crippen molar-refractivity contribution in [2.45, 2.75) is 39.7 Å². The van der Waals surface area contributed by atoms with Gasteiger partial charge in [-0.25, -0.2) is 4.99 Å². The van der Waals surface area contributed by atoms with Crippen molar-refractivity contribution in [3.8, 4) is 11.5 Å². The van der Waals surface area contributed by atoms with Crippen LogP contribution in [0.4, 0.5) is 5.69 Å². The molecule has 0 atom stereocenters. The Balaban J connectivity index is 2.18. The average molecular weight is 370 g/mol. The molecule has 3 rings (SSSR count). The number of carbonyl (C=O) groups excluding carboxylic acids is 1. The molecular weight excluding hydrogens is 344 g/mol. The van der Waals surface area contributed by atoms with Crippen molar-refractivity contribution in [3.63, 3.8) is 0 Å². The van der Waals surface area contributed by atoms with E-state index in [1.165, 1.54) is 0 Å². The standard InChI is InChI=1S/C20H26N4O3/c1-6-9-24-19-18(17(23-24)12(2)3)22-15(11-21-20(19)25)14-8-7-13(26-4)10-16(14)27-5/h7-8,10,12H,6,9,11H2,1-5H3,(H,21,25). The number of aliphatic imine (C=N–C) groups is 1. The highest BCUT2D eigenvalue weighted by molar-refractivity contribution is 6.11. The highest BCUT2D eigenvalue weighted by Gasteiger charge is 2.28. The molecule has 1 aromatic heterocycles. The smallest absolute Gasteiger partial charge is 0.272 e. The zero-order chi connectivity index (χ0) is 19.6. The molecule has 27 heavy (non-hydrogen) atoms. The molecule has 0 unspecified atom stereocenters. The minimum atomic E-state index is -0.149. The van der Waals surface area contributed by atoms with Crippen LogP contribution in [0.1, 0.15) is 54.9 Å². The van der Waals surface area contributed by atoms with Crippen LogP contribution in [0.25, 0.3) is 0 Å². The number of aryl methyl sites for hydroxylation is 1. The predicted molar refractivity (Wildman–Crippen MR) is 105 cm³/mol. The molecule has 1 aliphatic heterocycles. The van der Waals surface area contributed by atoms with Crippen LogP contribution in [-0.4, -0.2) is 42.2 Å². The van der Waals surface area contributed by atoms with Gasteiger partial charge < -0.3 is 14.8 Å². The van der Waals surface area contributed by atoms with Crippen LogP contribution in [0.15, 0.2) is 23.2 Å². The molecule has 0 bridgehead atoms. The average Bonchev–Trinajstić information content (AvgIpc) is 2.93. The summed E-state index contributed by atoms with van der Waals surface area (Å²) < 4.78 is 12.6. The topological polar surface area (TPSA) is 77.7 Å². The Kier molecular flexibility index (Phi) is 5.48. The van der Waals surface area contributed by atoms with E-state index in [2.05, 4.69) is 31.2 Å². The van der Waals surface area contributed by atoms with Crippen LogP contribution in [-0.2, 0) is 6.54 Å². The van der Waals surface area contributed by atoms with Crippen LogP contribution in [0, 0.1) is 0 Å². The molecule has 2 heterocycles. The first-order chi connectivity index (χ1) is 13.0. The number of nitrogens with one attached hydrogen (secondary N) is 1. The minimum absolute atomic E-state index is 0.149. The fourth-order valence-corrected chi connectivity index (χ4v) is 3.18. The second-order valence-corrected chi connectivity index (χ2v) is 6.77. The number of methoxy groups -OCH3 is 2. The minimum Gasteiger partial charge on any atom is -0.497 e. The fourth-order valence-electron chi connectivity index (χ4n) is 3.18. The first-order valence-electron chi connectivity index (χ1n) is 9.19. The predicted octanol–water partition coefficient (Wildman–Crippen LogP) is 3.30. The summed E-state index contributed by atoms with van der Waals surface area (Å²) >= 11 is 0. The highest BCUT2D eigenvalue weighted by atomic mass is 16.5. The Morgan fingerprint density at radius 1 is 1.26 bits per heavy atom. The Morgan fingerprint density at radius 2 is 2.04 bits per heavy atom. The van der Waals surface area contributed by atoms with E-state index in [1.54, 1.807) is 18.9 Å². The van der Waals surface area contributed by atoms with Gasteiger partial charge in [-0.2, -0.15) is 5.10 Å². The van der Waals surface area contributed by atoms with Crippen LogP contribution >= 0.6 is 0 Å². The van der Waals surface area contributed by atoms with Gasteiger partial charge in [0, 0.05) is 18.2 Å². The van der Waals surface area contributed by atoms with Crippen LogP contribution in [0.5, 0.6) is 11.5 Å². The third-order valence-electron chi connectivity index (χ3n) is 4.53. The van der Waals surface area contributed by atoms with Gasteiger partial charge in [-0.15, -0.1) is 0 Å². The molecule has 0 spiro atoms. The first-order valence-corrected chi connectivity index (χ1v) is 9.19. The van der Waals surface area contributed by atoms with E-state index in [9.17, 15) is 4.79 Å². The maximum Gasteiger partial charge on any atom is 0.272 e. The molecule has 1 N–H and O–H groups in total. The lowest BCUT2D eigenvalue weighted by atomic mass is 10.1. The number of amides is 1. The van der Waals surface area contributed by atoms with Crippen molar-refractivity contribution in [1.82, 2.24) is 15.1 Å². The summed E-state index contributed by atoms with van der Waals surface area (Å²) in [4.78, 5) is 17.6. The summed E-state index contributed by atoms with van der Waals surface area (Å²) in [5.74, 6) is 1.36. The van der Waals surface area contributed by atoms with Gasteiger partial charge in [0.15, 0.2) is 5.69 Å². The van der Waals surface area contributed by atoms with Crippen LogP contribution in [0.3, 0.4) is 0 Å². The Hall–Kier alpha value is -2.83. The van der Waals surface area contributed by atoms with Crippen molar-refractivity contribution < 1.29 is 14.3 Å². The molecule has 1 aromatic carbocycles. The van der Waals surface area contributed by atoms with E-state index < -0.39 is 0 Å². The van der Waals surface area contributed by atoms with Gasteiger partial charge >= 0.3 is 0 Å². The summed E-state index contributed by atoms with van der Waals surface area (Å²) in [6, 6.07) is 5.58. The molecule has 0 saturated heterocycles. The molecule has 7 heteroatoms. The summed E-state index contributed by atoms with van der Waals surface area (Å²) in [6.07, 6.45) is 0.891. The number of fused-ring (bicyclic) bond motifs is 1. The molecule has 0 aliphatic carbocycles. The van der Waals surface area contributed by atoms with E-state index in [-0.39, 0.29) is 11.8 Å².